The fourth-order valence-electron chi connectivity index (χ4n) is 15.7. The van der Waals surface area contributed by atoms with E-state index in [0.29, 0.717) is 97.6 Å². The summed E-state index contributed by atoms with van der Waals surface area (Å²) in [6, 6.07) is 35.1. The Morgan fingerprint density at radius 1 is 0.430 bits per heavy atom. The van der Waals surface area contributed by atoms with Crippen molar-refractivity contribution in [1.82, 2.24) is 45.5 Å². The van der Waals surface area contributed by atoms with Gasteiger partial charge in [0.05, 0.1) is 18.5 Å². The molecule has 0 fully saturated rings. The lowest BCUT2D eigenvalue weighted by Crippen LogP contribution is -2.44. The highest BCUT2D eigenvalue weighted by atomic mass is 35.5. The molecule has 20 nitrogen and oxygen atoms in total. The molecule has 32 heteroatoms. The lowest BCUT2D eigenvalue weighted by atomic mass is 9.91. The first-order valence-corrected chi connectivity index (χ1v) is 40.8. The van der Waals surface area contributed by atoms with E-state index in [1.54, 1.807) is 24.3 Å². The van der Waals surface area contributed by atoms with Crippen molar-refractivity contribution in [1.29, 1.82) is 0 Å². The van der Waals surface area contributed by atoms with Gasteiger partial charge in [-0.2, -0.15) is 0 Å². The minimum Gasteiger partial charge on any atom is -0.503 e. The second kappa shape index (κ2) is 38.4. The Morgan fingerprint density at radius 3 is 1.26 bits per heavy atom. The number of aromatic hydroxyl groups is 2. The number of fused-ring (bicyclic) bond motifs is 14. The van der Waals surface area contributed by atoms with Crippen molar-refractivity contribution >= 4 is 111 Å². The minimum absolute atomic E-state index is 0.0982. The number of rotatable bonds is 6. The van der Waals surface area contributed by atoms with Crippen molar-refractivity contribution in [2.75, 3.05) is 26.2 Å². The van der Waals surface area contributed by atoms with Crippen molar-refractivity contribution in [3.05, 3.63) is 332 Å². The average molecular weight is 1780 g/mol. The van der Waals surface area contributed by atoms with Gasteiger partial charge in [-0.1, -0.05) is 113 Å². The van der Waals surface area contributed by atoms with Crippen LogP contribution in [-0.4, -0.2) is 96.6 Å². The number of carbonyl (C=O) groups is 7. The van der Waals surface area contributed by atoms with E-state index in [1.807, 2.05) is 72.8 Å². The lowest BCUT2D eigenvalue weighted by Gasteiger charge is -2.34. The number of pyridine rings is 2. The molecule has 0 radical (unpaired) electrons. The zero-order chi connectivity index (χ0) is 86.4. The average Bonchev–Trinajstić information content (AvgIpc) is 1.74. The maximum atomic E-state index is 13.9. The summed E-state index contributed by atoms with van der Waals surface area (Å²) in [7, 11) is 0. The molecule has 2 aromatic heterocycles. The first-order chi connectivity index (χ1) is 57.8. The molecule has 9 heterocycles. The molecule has 18 rings (SSSR count). The zero-order valence-electron chi connectivity index (χ0n) is 64.6. The molecule has 628 valence electrons. The van der Waals surface area contributed by atoms with Gasteiger partial charge in [0.15, 0.2) is 22.9 Å². The van der Waals surface area contributed by atoms with Gasteiger partial charge in [0.1, 0.15) is 51.8 Å². The molecule has 121 heavy (non-hydrogen) atoms. The summed E-state index contributed by atoms with van der Waals surface area (Å²) in [4.78, 5) is 114. The predicted molar refractivity (Wildman–Crippen MR) is 446 cm³/mol. The van der Waals surface area contributed by atoms with E-state index < -0.39 is 128 Å². The third-order valence-electron chi connectivity index (χ3n) is 21.8. The molecular weight excluding hydrogens is 1700 g/mol. The predicted octanol–water partition coefficient (Wildman–Crippen LogP) is 15.1. The van der Waals surface area contributed by atoms with Crippen LogP contribution in [0.1, 0.15) is 151 Å². The molecule has 0 spiro atoms. The summed E-state index contributed by atoms with van der Waals surface area (Å²) in [5.41, 5.74) is 8.49. The Kier molecular flexibility index (Phi) is 27.9. The van der Waals surface area contributed by atoms with Crippen LogP contribution in [0.3, 0.4) is 0 Å². The van der Waals surface area contributed by atoms with Crippen LogP contribution < -0.4 is 37.4 Å². The van der Waals surface area contributed by atoms with E-state index in [2.05, 4.69) is 45.6 Å². The number of benzene rings is 8. The number of hydrogen-bond acceptors (Lipinski definition) is 12. The molecule has 0 saturated carbocycles. The number of ketones is 1. The van der Waals surface area contributed by atoms with Crippen LogP contribution in [0.5, 0.6) is 11.5 Å². The minimum atomic E-state index is -1.20. The molecule has 1 unspecified atom stereocenters. The Hall–Kier alpha value is -11.0. The molecule has 8 aliphatic rings. The standard InChI is InChI=1S/2C24H17ClF3N3O4.C11H14ClN.2C10H10ClNO.C10H9ClO/c2*25-13-2-1-11-8-30-9-15(4-12(11)3-13)31-10-17(21(32)22(33)20(31)24(30)35)23(34)29-7-16-18(27)5-14(26)6-19(16)28;1-8-4-10-5-11(12)3-2-9(10)7-13-6-8;11-9-3-1-8-6-12-10(13)4-2-7(8)5-9;11-9-2-1-7-6-10(13)12-4-3-8(7)5-9;11-9-3-1-8-6-10(12)4-2-7(8)5-9/h2*1-3,5-6,10,15,33H,4,7-9H2,(H,29,34);2-3,5,8,13H,4,6-7H2,1H3;1,3,5H,2,4,6H2,(H,12,13);1-2,5H,3-4,6H2,(H,12,13);1,3,5H,2,4,6H2/t2*15-;;;;/m10..../s1. The van der Waals surface area contributed by atoms with Crippen LogP contribution in [0, 0.1) is 40.8 Å². The topological polar surface area (TPSA) is 271 Å². The number of nitrogens with zero attached hydrogens (tertiary/aromatic N) is 4. The van der Waals surface area contributed by atoms with Crippen LogP contribution in [0.4, 0.5) is 26.3 Å². The van der Waals surface area contributed by atoms with Crippen LogP contribution >= 0.6 is 69.6 Å². The molecule has 10 aromatic rings. The number of Topliss-reactive ketones (excluding diaryl/α,β-unsaturated/α-hetero) is 1. The molecule has 8 aromatic carbocycles. The second-order valence-electron chi connectivity index (χ2n) is 30.3. The van der Waals surface area contributed by atoms with Gasteiger partial charge in [-0.05, 0) is 191 Å². The van der Waals surface area contributed by atoms with Gasteiger partial charge in [0, 0.05) is 156 Å². The fourth-order valence-corrected chi connectivity index (χ4v) is 16.8. The molecule has 1 aliphatic carbocycles. The summed E-state index contributed by atoms with van der Waals surface area (Å²) in [6.07, 6.45) is 9.14. The maximum absolute atomic E-state index is 13.9. The quantitative estimate of drug-likeness (QED) is 0.0766. The molecule has 7 aliphatic heterocycles. The molecule has 6 amide bonds. The highest BCUT2D eigenvalue weighted by Crippen LogP contribution is 2.38. The van der Waals surface area contributed by atoms with Gasteiger partial charge in [-0.15, -0.1) is 0 Å². The van der Waals surface area contributed by atoms with Crippen molar-refractivity contribution in [3.63, 3.8) is 0 Å². The molecular formula is C89H77Cl6F6N9O11. The number of carbonyl (C=O) groups excluding carboxylic acids is 7. The summed E-state index contributed by atoms with van der Waals surface area (Å²) in [5, 5.41) is 38.9. The van der Waals surface area contributed by atoms with E-state index in [0.717, 1.165) is 92.2 Å². The van der Waals surface area contributed by atoms with Gasteiger partial charge >= 0.3 is 0 Å². The Bertz CT molecular complexity index is 5690. The smallest absolute Gasteiger partial charge is 0.274 e. The number of amides is 6. The largest absolute Gasteiger partial charge is 0.503 e. The Morgan fingerprint density at radius 2 is 0.810 bits per heavy atom. The van der Waals surface area contributed by atoms with Crippen LogP contribution in [0.25, 0.3) is 0 Å². The molecule has 4 bridgehead atoms. The molecule has 7 N–H and O–H groups in total. The lowest BCUT2D eigenvalue weighted by molar-refractivity contribution is -0.121. The van der Waals surface area contributed by atoms with Gasteiger partial charge in [-0.3, -0.25) is 43.2 Å². The highest BCUT2D eigenvalue weighted by Gasteiger charge is 2.40. The summed E-state index contributed by atoms with van der Waals surface area (Å²) in [5.74, 6) is -10.7. The van der Waals surface area contributed by atoms with E-state index in [1.165, 1.54) is 64.7 Å². The number of nitrogens with one attached hydrogen (secondary N) is 5. The van der Waals surface area contributed by atoms with E-state index in [9.17, 15) is 79.7 Å². The molecule has 0 saturated heterocycles. The van der Waals surface area contributed by atoms with Gasteiger partial charge in [0.2, 0.25) is 22.7 Å². The third-order valence-corrected chi connectivity index (χ3v) is 23.3. The number of halogens is 12. The Labute approximate surface area is 719 Å². The van der Waals surface area contributed by atoms with Crippen LogP contribution in [0.2, 0.25) is 30.1 Å². The summed E-state index contributed by atoms with van der Waals surface area (Å²) < 4.78 is 84.7. The van der Waals surface area contributed by atoms with Gasteiger partial charge < -0.3 is 55.7 Å². The van der Waals surface area contributed by atoms with Gasteiger partial charge in [-0.25, -0.2) is 26.3 Å². The third kappa shape index (κ3) is 21.0. The second-order valence-corrected chi connectivity index (χ2v) is 32.9. The first kappa shape index (κ1) is 87.8. The van der Waals surface area contributed by atoms with E-state index >= 15 is 0 Å². The fraction of sp³-hybridized carbons (Fsp3) is 0.270. The first-order valence-electron chi connectivity index (χ1n) is 38.6. The molecule has 3 atom stereocenters. The highest BCUT2D eigenvalue weighted by molar-refractivity contribution is 6.32. The van der Waals surface area contributed by atoms with Crippen LogP contribution in [0.15, 0.2) is 155 Å². The monoisotopic (exact) mass is 1770 g/mol. The van der Waals surface area contributed by atoms with Crippen molar-refractivity contribution in [2.45, 2.75) is 122 Å². The SMILES string of the molecule is CC1CNCc2ccc(Cl)cc2C1.O=C(NCc1c(F)cc(F)cc1F)c1cn2c(c(O)c1=O)C(=O)N1Cc3ccc(Cl)cc3C[C@@H]2C1.O=C(NCc1c(F)cc(F)cc1F)c1cn2c(c(O)c1=O)C(=O)N1Cc3ccc(Cl)cc3C[C@H]2C1.O=C1CCc2cc(Cl)ccc2C1.O=C1CCc2cc(Cl)ccc2CN1.O=C1Cc2ccc(Cl)cc2CCN1. The number of aromatic nitrogens is 2. The van der Waals surface area contributed by atoms with Crippen LogP contribution in [-0.2, 0) is 105 Å². The number of hydrogen-bond donors (Lipinski definition) is 7. The Balaban J connectivity index is 0.000000134. The summed E-state index contributed by atoms with van der Waals surface area (Å²) >= 11 is 35.8. The van der Waals surface area contributed by atoms with Crippen molar-refractivity contribution < 1.29 is 70.1 Å². The maximum Gasteiger partial charge on any atom is 0.274 e. The van der Waals surface area contributed by atoms with Gasteiger partial charge in [0.25, 0.3) is 23.6 Å². The number of aryl methyl sites for hydroxylation is 2. The van der Waals surface area contributed by atoms with E-state index in [4.69, 9.17) is 69.6 Å². The van der Waals surface area contributed by atoms with Crippen molar-refractivity contribution in [2.24, 2.45) is 5.92 Å². The normalized spacial score (nSPS) is 16.9. The zero-order valence-corrected chi connectivity index (χ0v) is 69.2. The van der Waals surface area contributed by atoms with E-state index in [-0.39, 0.29) is 49.4 Å². The summed E-state index contributed by atoms with van der Waals surface area (Å²) in [6.45, 7) is 5.45. The van der Waals surface area contributed by atoms with Crippen molar-refractivity contribution in [3.8, 4) is 11.5 Å².